The molecule has 0 aliphatic heterocycles. The van der Waals surface area contributed by atoms with Crippen LogP contribution in [-0.2, 0) is 5.41 Å². The Labute approximate surface area is 115 Å². The number of hydrogen-bond donors (Lipinski definition) is 1. The highest BCUT2D eigenvalue weighted by molar-refractivity contribution is 5.72. The molecule has 19 heavy (non-hydrogen) atoms. The van der Waals surface area contributed by atoms with Crippen molar-refractivity contribution in [3.8, 4) is 5.75 Å². The number of aromatic hydroxyl groups is 1. The van der Waals surface area contributed by atoms with Crippen molar-refractivity contribution in [1.82, 2.24) is 0 Å². The van der Waals surface area contributed by atoms with Gasteiger partial charge in [0.15, 0.2) is 0 Å². The van der Waals surface area contributed by atoms with Crippen LogP contribution in [0.2, 0.25) is 0 Å². The first kappa shape index (κ1) is 13.4. The van der Waals surface area contributed by atoms with Gasteiger partial charge in [0.25, 0.3) is 0 Å². The fraction of sp³-hybridized carbons (Fsp3) is 0.222. The summed E-state index contributed by atoms with van der Waals surface area (Å²) in [5.41, 5.74) is 3.29. The van der Waals surface area contributed by atoms with Crippen LogP contribution in [0.4, 0.5) is 0 Å². The molecular formula is C18H20O. The molecule has 2 aromatic rings. The van der Waals surface area contributed by atoms with E-state index in [4.69, 9.17) is 0 Å². The van der Waals surface area contributed by atoms with Gasteiger partial charge in [-0.05, 0) is 28.7 Å². The molecule has 0 atom stereocenters. The molecule has 98 valence electrons. The number of phenols is 1. The second kappa shape index (κ2) is 5.31. The first-order valence-corrected chi connectivity index (χ1v) is 6.53. The van der Waals surface area contributed by atoms with E-state index in [1.807, 2.05) is 48.6 Å². The standard InChI is InChI=1S/C18H20O/c1-18(2,3)16-11-12-17(19)15(13-16)10-9-14-7-5-4-6-8-14/h4-13,19H,1-3H3/b10-9+. The fourth-order valence-corrected chi connectivity index (χ4v) is 1.90. The third-order valence-corrected chi connectivity index (χ3v) is 3.15. The smallest absolute Gasteiger partial charge is 0.122 e. The summed E-state index contributed by atoms with van der Waals surface area (Å²) in [5.74, 6) is 0.320. The molecule has 0 radical (unpaired) electrons. The number of benzene rings is 2. The zero-order valence-corrected chi connectivity index (χ0v) is 11.7. The molecule has 0 saturated carbocycles. The van der Waals surface area contributed by atoms with Crippen LogP contribution in [0.25, 0.3) is 12.2 Å². The predicted octanol–water partition coefficient (Wildman–Crippen LogP) is 4.86. The van der Waals surface area contributed by atoms with E-state index < -0.39 is 0 Å². The van der Waals surface area contributed by atoms with E-state index in [0.29, 0.717) is 5.75 Å². The fourth-order valence-electron chi connectivity index (χ4n) is 1.90. The number of rotatable bonds is 2. The van der Waals surface area contributed by atoms with Crippen LogP contribution in [-0.4, -0.2) is 5.11 Å². The van der Waals surface area contributed by atoms with Crippen molar-refractivity contribution in [2.45, 2.75) is 26.2 Å². The lowest BCUT2D eigenvalue weighted by molar-refractivity contribution is 0.472. The number of hydrogen-bond acceptors (Lipinski definition) is 1. The molecule has 0 fully saturated rings. The van der Waals surface area contributed by atoms with Gasteiger partial charge in [0.2, 0.25) is 0 Å². The van der Waals surface area contributed by atoms with Gasteiger partial charge in [-0.3, -0.25) is 0 Å². The van der Waals surface area contributed by atoms with Crippen molar-refractivity contribution in [3.05, 3.63) is 65.2 Å². The minimum absolute atomic E-state index is 0.0863. The molecule has 0 aromatic heterocycles. The van der Waals surface area contributed by atoms with Crippen molar-refractivity contribution in [2.75, 3.05) is 0 Å². The Morgan fingerprint density at radius 2 is 1.58 bits per heavy atom. The average molecular weight is 252 g/mol. The van der Waals surface area contributed by atoms with Crippen molar-refractivity contribution in [2.24, 2.45) is 0 Å². The third kappa shape index (κ3) is 3.47. The normalized spacial score (nSPS) is 11.9. The SMILES string of the molecule is CC(C)(C)c1ccc(O)c(/C=C/c2ccccc2)c1. The highest BCUT2D eigenvalue weighted by Gasteiger charge is 2.14. The monoisotopic (exact) mass is 252 g/mol. The van der Waals surface area contributed by atoms with Gasteiger partial charge in [-0.15, -0.1) is 0 Å². The van der Waals surface area contributed by atoms with Crippen LogP contribution >= 0.6 is 0 Å². The largest absolute Gasteiger partial charge is 0.507 e. The van der Waals surface area contributed by atoms with Gasteiger partial charge in [0.05, 0.1) is 0 Å². The molecule has 0 bridgehead atoms. The second-order valence-electron chi connectivity index (χ2n) is 5.77. The first-order chi connectivity index (χ1) is 8.97. The molecule has 1 N–H and O–H groups in total. The molecule has 0 spiro atoms. The molecular weight excluding hydrogens is 232 g/mol. The Kier molecular flexibility index (Phi) is 3.75. The van der Waals surface area contributed by atoms with Crippen LogP contribution in [0.3, 0.4) is 0 Å². The molecule has 1 nitrogen and oxygen atoms in total. The summed E-state index contributed by atoms with van der Waals surface area (Å²) in [6, 6.07) is 15.9. The van der Waals surface area contributed by atoms with E-state index in [9.17, 15) is 5.11 Å². The van der Waals surface area contributed by atoms with Crippen molar-refractivity contribution in [3.63, 3.8) is 0 Å². The minimum atomic E-state index is 0.0863. The Balaban J connectivity index is 2.32. The van der Waals surface area contributed by atoms with Crippen LogP contribution in [0.15, 0.2) is 48.5 Å². The zero-order chi connectivity index (χ0) is 13.9. The molecule has 1 heteroatoms. The summed E-state index contributed by atoms with van der Waals surface area (Å²) in [6.45, 7) is 6.51. The quantitative estimate of drug-likeness (QED) is 0.757. The predicted molar refractivity (Wildman–Crippen MR) is 82.2 cm³/mol. The van der Waals surface area contributed by atoms with E-state index in [1.165, 1.54) is 5.56 Å². The van der Waals surface area contributed by atoms with E-state index in [0.717, 1.165) is 11.1 Å². The molecule has 0 aliphatic rings. The lowest BCUT2D eigenvalue weighted by Crippen LogP contribution is -2.10. The van der Waals surface area contributed by atoms with Crippen LogP contribution in [0.5, 0.6) is 5.75 Å². The molecule has 0 unspecified atom stereocenters. The topological polar surface area (TPSA) is 20.2 Å². The van der Waals surface area contributed by atoms with Gasteiger partial charge < -0.3 is 5.11 Å². The highest BCUT2D eigenvalue weighted by Crippen LogP contribution is 2.28. The summed E-state index contributed by atoms with van der Waals surface area (Å²) < 4.78 is 0. The van der Waals surface area contributed by atoms with Crippen LogP contribution in [0.1, 0.15) is 37.5 Å². The maximum absolute atomic E-state index is 9.93. The molecule has 2 rings (SSSR count). The summed E-state index contributed by atoms with van der Waals surface area (Å²) in [4.78, 5) is 0. The maximum Gasteiger partial charge on any atom is 0.122 e. The van der Waals surface area contributed by atoms with Crippen molar-refractivity contribution < 1.29 is 5.11 Å². The Morgan fingerprint density at radius 3 is 2.21 bits per heavy atom. The summed E-state index contributed by atoms with van der Waals surface area (Å²) >= 11 is 0. The molecule has 0 aliphatic carbocycles. The second-order valence-corrected chi connectivity index (χ2v) is 5.77. The summed E-state index contributed by atoms with van der Waals surface area (Å²) in [6.07, 6.45) is 3.97. The summed E-state index contributed by atoms with van der Waals surface area (Å²) in [5, 5.41) is 9.93. The van der Waals surface area contributed by atoms with Crippen molar-refractivity contribution >= 4 is 12.2 Å². The van der Waals surface area contributed by atoms with E-state index in [1.54, 1.807) is 6.07 Å². The lowest BCUT2D eigenvalue weighted by atomic mass is 9.86. The maximum atomic E-state index is 9.93. The molecule has 0 heterocycles. The number of phenolic OH excluding ortho intramolecular Hbond substituents is 1. The van der Waals surface area contributed by atoms with Crippen LogP contribution < -0.4 is 0 Å². The minimum Gasteiger partial charge on any atom is -0.507 e. The molecule has 0 amide bonds. The van der Waals surface area contributed by atoms with Gasteiger partial charge in [-0.1, -0.05) is 69.3 Å². The van der Waals surface area contributed by atoms with Crippen LogP contribution in [0, 0.1) is 0 Å². The first-order valence-electron chi connectivity index (χ1n) is 6.53. The summed E-state index contributed by atoms with van der Waals surface area (Å²) in [7, 11) is 0. The zero-order valence-electron chi connectivity index (χ0n) is 11.7. The van der Waals surface area contributed by atoms with Gasteiger partial charge in [-0.25, -0.2) is 0 Å². The van der Waals surface area contributed by atoms with Gasteiger partial charge >= 0.3 is 0 Å². The van der Waals surface area contributed by atoms with E-state index in [-0.39, 0.29) is 5.41 Å². The van der Waals surface area contributed by atoms with Gasteiger partial charge in [0, 0.05) is 5.56 Å². The average Bonchev–Trinajstić information content (AvgIpc) is 2.37. The molecule has 2 aromatic carbocycles. The molecule has 0 saturated heterocycles. The Hall–Kier alpha value is -2.02. The Bertz CT molecular complexity index is 574. The lowest BCUT2D eigenvalue weighted by Gasteiger charge is -2.19. The van der Waals surface area contributed by atoms with Gasteiger partial charge in [-0.2, -0.15) is 0 Å². The van der Waals surface area contributed by atoms with Gasteiger partial charge in [0.1, 0.15) is 5.75 Å². The van der Waals surface area contributed by atoms with Crippen molar-refractivity contribution in [1.29, 1.82) is 0 Å². The Morgan fingerprint density at radius 1 is 0.895 bits per heavy atom. The third-order valence-electron chi connectivity index (χ3n) is 3.15. The van der Waals surface area contributed by atoms with E-state index in [2.05, 4.69) is 26.8 Å². The highest BCUT2D eigenvalue weighted by atomic mass is 16.3. The van der Waals surface area contributed by atoms with E-state index >= 15 is 0 Å².